The average molecular weight is 494 g/mol. The quantitative estimate of drug-likeness (QED) is 0.546. The fourth-order valence-electron chi connectivity index (χ4n) is 3.26. The monoisotopic (exact) mass is 493 g/mol. The Kier molecular flexibility index (Phi) is 9.31. The van der Waals surface area contributed by atoms with Crippen molar-refractivity contribution in [3.63, 3.8) is 0 Å². The first kappa shape index (κ1) is 26.7. The molecule has 7 nitrogen and oxygen atoms in total. The fourth-order valence-corrected chi connectivity index (χ4v) is 4.29. The van der Waals surface area contributed by atoms with Gasteiger partial charge in [-0.3, -0.25) is 13.9 Å². The van der Waals surface area contributed by atoms with Crippen LogP contribution in [0.15, 0.2) is 48.5 Å². The van der Waals surface area contributed by atoms with Crippen molar-refractivity contribution >= 4 is 39.1 Å². The highest BCUT2D eigenvalue weighted by Crippen LogP contribution is 2.23. The second kappa shape index (κ2) is 11.5. The third-order valence-corrected chi connectivity index (χ3v) is 6.92. The zero-order valence-electron chi connectivity index (χ0n) is 19.7. The van der Waals surface area contributed by atoms with Gasteiger partial charge in [-0.2, -0.15) is 0 Å². The molecule has 2 atom stereocenters. The maximum Gasteiger partial charge on any atom is 0.244 e. The maximum absolute atomic E-state index is 13.5. The number of sulfonamides is 1. The van der Waals surface area contributed by atoms with E-state index in [-0.39, 0.29) is 24.2 Å². The molecule has 1 N–H and O–H groups in total. The first-order valence-electron chi connectivity index (χ1n) is 10.8. The number of carbonyl (C=O) groups excluding carboxylic acids is 2. The number of benzene rings is 2. The van der Waals surface area contributed by atoms with E-state index < -0.39 is 28.5 Å². The summed E-state index contributed by atoms with van der Waals surface area (Å²) in [5.74, 6) is -0.782. The van der Waals surface area contributed by atoms with E-state index in [1.165, 1.54) is 11.0 Å². The zero-order chi connectivity index (χ0) is 24.8. The summed E-state index contributed by atoms with van der Waals surface area (Å²) in [5, 5.41) is 3.26. The molecule has 0 heterocycles. The number of halogens is 1. The predicted molar refractivity (Wildman–Crippen MR) is 133 cm³/mol. The van der Waals surface area contributed by atoms with E-state index in [0.29, 0.717) is 5.02 Å². The second-order valence-electron chi connectivity index (χ2n) is 8.19. The van der Waals surface area contributed by atoms with Crippen molar-refractivity contribution in [1.29, 1.82) is 0 Å². The number of nitrogens with zero attached hydrogens (tertiary/aromatic N) is 2. The lowest BCUT2D eigenvalue weighted by atomic mass is 10.1. The molecule has 180 valence electrons. The van der Waals surface area contributed by atoms with Crippen LogP contribution in [-0.4, -0.2) is 50.0 Å². The molecule has 0 aromatic heterocycles. The van der Waals surface area contributed by atoms with Gasteiger partial charge >= 0.3 is 0 Å². The molecule has 2 rings (SSSR count). The molecule has 2 amide bonds. The van der Waals surface area contributed by atoms with Crippen LogP contribution in [0, 0.1) is 6.92 Å². The van der Waals surface area contributed by atoms with Crippen LogP contribution >= 0.6 is 11.6 Å². The molecule has 0 spiro atoms. The Morgan fingerprint density at radius 2 is 1.76 bits per heavy atom. The molecule has 0 fully saturated rings. The van der Waals surface area contributed by atoms with Crippen molar-refractivity contribution in [3.8, 4) is 0 Å². The van der Waals surface area contributed by atoms with Gasteiger partial charge in [0.15, 0.2) is 0 Å². The van der Waals surface area contributed by atoms with Crippen molar-refractivity contribution in [3.05, 3.63) is 64.7 Å². The molecule has 9 heteroatoms. The van der Waals surface area contributed by atoms with E-state index in [1.807, 2.05) is 45.0 Å². The molecule has 0 aliphatic heterocycles. The highest BCUT2D eigenvalue weighted by Gasteiger charge is 2.30. The van der Waals surface area contributed by atoms with Gasteiger partial charge in [0.1, 0.15) is 12.6 Å². The Hall–Kier alpha value is -2.58. The standard InChI is InChI=1S/C24H32ClN3O4S/c1-6-18(3)26-24(30)19(4)27(15-20-11-8-7-10-17(20)2)23(29)16-28(33(5,31)32)22-13-9-12-21(25)14-22/h7-14,18-19H,6,15-16H2,1-5H3,(H,26,30)/t18-,19-/m0/s1. The third-order valence-electron chi connectivity index (χ3n) is 5.55. The Morgan fingerprint density at radius 3 is 2.33 bits per heavy atom. The summed E-state index contributed by atoms with van der Waals surface area (Å²) < 4.78 is 26.1. The van der Waals surface area contributed by atoms with Crippen molar-refractivity contribution in [2.75, 3.05) is 17.1 Å². The molecule has 33 heavy (non-hydrogen) atoms. The first-order valence-corrected chi connectivity index (χ1v) is 13.0. The van der Waals surface area contributed by atoms with Gasteiger partial charge in [-0.15, -0.1) is 0 Å². The highest BCUT2D eigenvalue weighted by atomic mass is 35.5. The summed E-state index contributed by atoms with van der Waals surface area (Å²) in [6, 6.07) is 13.0. The summed E-state index contributed by atoms with van der Waals surface area (Å²) in [6.07, 6.45) is 1.78. The van der Waals surface area contributed by atoms with Crippen LogP contribution in [0.3, 0.4) is 0 Å². The van der Waals surface area contributed by atoms with Crippen LogP contribution in [0.5, 0.6) is 0 Å². The van der Waals surface area contributed by atoms with Crippen molar-refractivity contribution in [1.82, 2.24) is 10.2 Å². The molecular formula is C24H32ClN3O4S. The van der Waals surface area contributed by atoms with Gasteiger partial charge in [0.05, 0.1) is 11.9 Å². The molecule has 2 aromatic rings. The number of anilines is 1. The molecule has 2 aromatic carbocycles. The number of amides is 2. The highest BCUT2D eigenvalue weighted by molar-refractivity contribution is 7.92. The van der Waals surface area contributed by atoms with E-state index in [9.17, 15) is 18.0 Å². The fraction of sp³-hybridized carbons (Fsp3) is 0.417. The normalized spacial score (nSPS) is 13.2. The molecule has 0 saturated heterocycles. The lowest BCUT2D eigenvalue weighted by Crippen LogP contribution is -2.52. The minimum absolute atomic E-state index is 0.0469. The molecule has 0 aliphatic carbocycles. The van der Waals surface area contributed by atoms with Crippen LogP contribution in [0.2, 0.25) is 5.02 Å². The smallest absolute Gasteiger partial charge is 0.244 e. The van der Waals surface area contributed by atoms with Crippen LogP contribution in [0.25, 0.3) is 0 Å². The number of carbonyl (C=O) groups is 2. The predicted octanol–water partition coefficient (Wildman–Crippen LogP) is 3.75. The Balaban J connectivity index is 2.40. The van der Waals surface area contributed by atoms with E-state index in [1.54, 1.807) is 25.1 Å². The first-order chi connectivity index (χ1) is 15.4. The summed E-state index contributed by atoms with van der Waals surface area (Å²) >= 11 is 6.05. The lowest BCUT2D eigenvalue weighted by Gasteiger charge is -2.32. The molecular weight excluding hydrogens is 462 g/mol. The van der Waals surface area contributed by atoms with Crippen LogP contribution in [0.1, 0.15) is 38.3 Å². The number of hydrogen-bond acceptors (Lipinski definition) is 4. The zero-order valence-corrected chi connectivity index (χ0v) is 21.3. The van der Waals surface area contributed by atoms with Crippen molar-refractivity contribution in [2.45, 2.75) is 52.7 Å². The molecule has 0 aliphatic rings. The van der Waals surface area contributed by atoms with Gasteiger partial charge in [-0.1, -0.05) is 48.9 Å². The van der Waals surface area contributed by atoms with Crippen molar-refractivity contribution < 1.29 is 18.0 Å². The van der Waals surface area contributed by atoms with E-state index in [4.69, 9.17) is 11.6 Å². The van der Waals surface area contributed by atoms with Gasteiger partial charge in [-0.05, 0) is 56.5 Å². The number of hydrogen-bond donors (Lipinski definition) is 1. The minimum atomic E-state index is -3.79. The van der Waals surface area contributed by atoms with E-state index in [2.05, 4.69) is 5.32 Å². The number of nitrogens with one attached hydrogen (secondary N) is 1. The summed E-state index contributed by atoms with van der Waals surface area (Å²) in [5.41, 5.74) is 2.13. The number of rotatable bonds is 10. The third kappa shape index (κ3) is 7.47. The molecule has 0 unspecified atom stereocenters. The molecule has 0 radical (unpaired) electrons. The van der Waals surface area contributed by atoms with Gasteiger partial charge in [-0.25, -0.2) is 8.42 Å². The Labute approximate surface area is 201 Å². The summed E-state index contributed by atoms with van der Waals surface area (Å²) in [7, 11) is -3.79. The van der Waals surface area contributed by atoms with Gasteiger partial charge < -0.3 is 10.2 Å². The Morgan fingerprint density at radius 1 is 1.09 bits per heavy atom. The minimum Gasteiger partial charge on any atom is -0.352 e. The van der Waals surface area contributed by atoms with E-state index in [0.717, 1.165) is 28.1 Å². The van der Waals surface area contributed by atoms with Gasteiger partial charge in [0.25, 0.3) is 0 Å². The summed E-state index contributed by atoms with van der Waals surface area (Å²) in [6.45, 7) is 7.15. The van der Waals surface area contributed by atoms with Crippen molar-refractivity contribution in [2.24, 2.45) is 0 Å². The van der Waals surface area contributed by atoms with Crippen LogP contribution < -0.4 is 9.62 Å². The summed E-state index contributed by atoms with van der Waals surface area (Å²) in [4.78, 5) is 27.8. The number of aryl methyl sites for hydroxylation is 1. The van der Waals surface area contributed by atoms with E-state index >= 15 is 0 Å². The maximum atomic E-state index is 13.5. The topological polar surface area (TPSA) is 86.8 Å². The molecule has 0 saturated carbocycles. The SMILES string of the molecule is CC[C@H](C)NC(=O)[C@H](C)N(Cc1ccccc1C)C(=O)CN(c1cccc(Cl)c1)S(C)(=O)=O. The van der Waals surface area contributed by atoms with Crippen LogP contribution in [-0.2, 0) is 26.2 Å². The van der Waals surface area contributed by atoms with Gasteiger partial charge in [0, 0.05) is 17.6 Å². The van der Waals surface area contributed by atoms with Crippen LogP contribution in [0.4, 0.5) is 5.69 Å². The molecule has 0 bridgehead atoms. The Bertz CT molecular complexity index is 1090. The largest absolute Gasteiger partial charge is 0.352 e. The second-order valence-corrected chi connectivity index (χ2v) is 10.5. The lowest BCUT2D eigenvalue weighted by molar-refractivity contribution is -0.139. The average Bonchev–Trinajstić information content (AvgIpc) is 2.75. The van der Waals surface area contributed by atoms with Gasteiger partial charge in [0.2, 0.25) is 21.8 Å².